The molecule has 0 aliphatic carbocycles. The van der Waals surface area contributed by atoms with Crippen LogP contribution in [0.4, 0.5) is 0 Å². The molecule has 1 amide bonds. The number of hydrogen-bond acceptors (Lipinski definition) is 3. The molecule has 0 aromatic heterocycles. The van der Waals surface area contributed by atoms with Gasteiger partial charge in [-0.1, -0.05) is 151 Å². The summed E-state index contributed by atoms with van der Waals surface area (Å²) in [6.07, 6.45) is 0. The maximum Gasteiger partial charge on any atom is 0.256 e. The third kappa shape index (κ3) is 5.37. The van der Waals surface area contributed by atoms with Crippen molar-refractivity contribution in [2.24, 2.45) is 0 Å². The molecule has 0 spiro atoms. The van der Waals surface area contributed by atoms with Crippen LogP contribution in [-0.2, 0) is 0 Å². The Morgan fingerprint density at radius 1 is 0.550 bits per heavy atom. The van der Waals surface area contributed by atoms with E-state index in [9.17, 15) is 9.59 Å². The Kier molecular flexibility index (Phi) is 8.31. The van der Waals surface area contributed by atoms with E-state index >= 15 is 0 Å². The summed E-state index contributed by atoms with van der Waals surface area (Å²) in [5, 5.41) is 6.27. The minimum absolute atomic E-state index is 0.129. The molecule has 0 unspecified atom stereocenters. The van der Waals surface area contributed by atoms with Crippen LogP contribution in [0.15, 0.2) is 146 Å². The third-order valence-electron chi connectivity index (χ3n) is 6.77. The summed E-state index contributed by atoms with van der Waals surface area (Å²) >= 11 is 6.04. The topological polar surface area (TPSA) is 46.2 Å². The zero-order chi connectivity index (χ0) is 28.0. The first-order chi connectivity index (χ1) is 19.5. The Bertz CT molecular complexity index is 1600. The van der Waals surface area contributed by atoms with Crippen LogP contribution < -0.4 is 21.2 Å². The predicted octanol–water partition coefficient (Wildman–Crippen LogP) is 6.10. The Morgan fingerprint density at radius 2 is 0.950 bits per heavy atom. The lowest BCUT2D eigenvalue weighted by molar-refractivity contribution is 0.0978. The fourth-order valence-electron chi connectivity index (χ4n) is 4.86. The van der Waals surface area contributed by atoms with Crippen molar-refractivity contribution in [3.8, 4) is 0 Å². The summed E-state index contributed by atoms with van der Waals surface area (Å²) in [6, 6.07) is 46.5. The van der Waals surface area contributed by atoms with Gasteiger partial charge in [0.1, 0.15) is 4.99 Å². The molecule has 3 nitrogen and oxygen atoms in total. The van der Waals surface area contributed by atoms with Crippen LogP contribution in [0.25, 0.3) is 0 Å². The zero-order valence-corrected chi connectivity index (χ0v) is 23.7. The lowest BCUT2D eigenvalue weighted by Gasteiger charge is -2.32. The highest BCUT2D eigenvalue weighted by Crippen LogP contribution is 2.47. The van der Waals surface area contributed by atoms with Crippen LogP contribution in [0.3, 0.4) is 0 Å². The van der Waals surface area contributed by atoms with Gasteiger partial charge >= 0.3 is 0 Å². The van der Waals surface area contributed by atoms with Gasteiger partial charge in [-0.15, -0.1) is 0 Å². The number of hydrogen-bond donors (Lipinski definition) is 1. The number of amides is 1. The molecule has 0 aliphatic heterocycles. The molecule has 0 aliphatic rings. The molecule has 0 fully saturated rings. The summed E-state index contributed by atoms with van der Waals surface area (Å²) in [4.78, 5) is 28.3. The predicted molar refractivity (Wildman–Crippen MR) is 172 cm³/mol. The first-order valence-corrected chi connectivity index (χ1v) is 15.2. The minimum Gasteiger partial charge on any atom is -0.312 e. The van der Waals surface area contributed by atoms with Crippen molar-refractivity contribution < 1.29 is 9.59 Å². The maximum absolute atomic E-state index is 14.7. The molecular formula is C35H28NO2PS. The number of carbonyl (C=O) groups is 2. The molecule has 0 atom stereocenters. The van der Waals surface area contributed by atoms with Crippen molar-refractivity contribution >= 4 is 57.0 Å². The molecule has 0 saturated heterocycles. The van der Waals surface area contributed by atoms with E-state index in [1.165, 1.54) is 0 Å². The van der Waals surface area contributed by atoms with Gasteiger partial charge in [-0.3, -0.25) is 9.59 Å². The lowest BCUT2D eigenvalue weighted by Crippen LogP contribution is -2.43. The highest BCUT2D eigenvalue weighted by molar-refractivity contribution is 8.00. The number of nitrogens with one attached hydrogen (secondary N) is 1. The highest BCUT2D eigenvalue weighted by Gasteiger charge is 2.36. The summed E-state index contributed by atoms with van der Waals surface area (Å²) in [6.45, 7) is -0.918. The summed E-state index contributed by atoms with van der Waals surface area (Å²) in [7, 11) is 0. The number of thiocarbonyl (C=S) groups is 1. The molecule has 5 aromatic carbocycles. The largest absolute Gasteiger partial charge is 0.312 e. The second-order valence-corrected chi connectivity index (χ2v) is 13.1. The van der Waals surface area contributed by atoms with E-state index in [4.69, 9.17) is 12.2 Å². The molecule has 5 heteroatoms. The SMILES string of the molecule is Cc1ccc(C(=O)NC(=S)C(C(=O)c2ccccc2)=P(c2ccccc2)(c2ccccc2)c2ccccc2)cc1. The second kappa shape index (κ2) is 12.2. The van der Waals surface area contributed by atoms with Gasteiger partial charge in [0, 0.05) is 11.1 Å². The molecule has 0 radical (unpaired) electrons. The summed E-state index contributed by atoms with van der Waals surface area (Å²) in [5.74, 6) is -0.560. The maximum atomic E-state index is 14.7. The van der Waals surface area contributed by atoms with Gasteiger partial charge < -0.3 is 5.32 Å². The van der Waals surface area contributed by atoms with Gasteiger partial charge in [0.15, 0.2) is 5.78 Å². The van der Waals surface area contributed by atoms with E-state index in [0.717, 1.165) is 21.5 Å². The standard InChI is InChI=1S/C35H28NO2PS/c1-26-22-24-28(25-23-26)34(38)36-35(40)33(32(37)27-14-6-2-7-15-27)39(29-16-8-3-9-17-29,30-18-10-4-11-19-30)31-20-12-5-13-21-31/h2-25H,1H3,(H,36,38,40). The van der Waals surface area contributed by atoms with Crippen molar-refractivity contribution in [3.05, 3.63) is 162 Å². The quantitative estimate of drug-likeness (QED) is 0.149. The average Bonchev–Trinajstić information content (AvgIpc) is 3.01. The van der Waals surface area contributed by atoms with Gasteiger partial charge in [0.25, 0.3) is 5.91 Å². The molecular weight excluding hydrogens is 529 g/mol. The van der Waals surface area contributed by atoms with Gasteiger partial charge in [-0.25, -0.2) is 0 Å². The van der Waals surface area contributed by atoms with Crippen LogP contribution in [0.5, 0.6) is 0 Å². The highest BCUT2D eigenvalue weighted by atomic mass is 32.1. The molecule has 5 rings (SSSR count). The fraction of sp³-hybridized carbons (Fsp3) is 0.0286. The van der Waals surface area contributed by atoms with Gasteiger partial charge in [0.2, 0.25) is 0 Å². The van der Waals surface area contributed by atoms with Gasteiger partial charge in [-0.05, 0) is 41.9 Å². The van der Waals surface area contributed by atoms with Crippen LogP contribution >= 0.6 is 19.1 Å². The smallest absolute Gasteiger partial charge is 0.256 e. The second-order valence-electron chi connectivity index (χ2n) is 9.37. The fourth-order valence-corrected chi connectivity index (χ4v) is 9.78. The normalized spacial score (nSPS) is 10.9. The summed E-state index contributed by atoms with van der Waals surface area (Å²) in [5.41, 5.74) is 2.03. The molecule has 0 saturated carbocycles. The van der Waals surface area contributed by atoms with Crippen molar-refractivity contribution in [1.29, 1.82) is 0 Å². The number of benzene rings is 5. The van der Waals surface area contributed by atoms with E-state index in [1.54, 1.807) is 24.3 Å². The van der Waals surface area contributed by atoms with Crippen molar-refractivity contribution in [1.82, 2.24) is 5.32 Å². The lowest BCUT2D eigenvalue weighted by atomic mass is 10.1. The first-order valence-electron chi connectivity index (χ1n) is 13.0. The number of rotatable bonds is 7. The number of carbonyl (C=O) groups excluding carboxylic acids is 2. The van der Waals surface area contributed by atoms with E-state index in [1.807, 2.05) is 91.9 Å². The average molecular weight is 558 g/mol. The molecule has 0 heterocycles. The van der Waals surface area contributed by atoms with Crippen LogP contribution in [0.1, 0.15) is 26.3 Å². The minimum atomic E-state index is -2.89. The Morgan fingerprint density at radius 3 is 1.38 bits per heavy atom. The number of Topliss-reactive ketones (excluding diaryl/α,β-unsaturated/α-hetero) is 1. The van der Waals surface area contributed by atoms with Crippen molar-refractivity contribution in [3.63, 3.8) is 0 Å². The molecule has 0 bridgehead atoms. The van der Waals surface area contributed by atoms with Gasteiger partial charge in [-0.2, -0.15) is 0 Å². The number of ketones is 1. The monoisotopic (exact) mass is 557 g/mol. The number of aryl methyl sites for hydroxylation is 1. The van der Waals surface area contributed by atoms with Crippen LogP contribution in [0, 0.1) is 6.92 Å². The Hall–Kier alpha value is -4.37. The Labute approximate surface area is 240 Å². The van der Waals surface area contributed by atoms with Crippen molar-refractivity contribution in [2.45, 2.75) is 6.92 Å². The van der Waals surface area contributed by atoms with Crippen LogP contribution in [0.2, 0.25) is 0 Å². The molecule has 40 heavy (non-hydrogen) atoms. The van der Waals surface area contributed by atoms with E-state index < -0.39 is 6.89 Å². The molecule has 196 valence electrons. The molecule has 1 N–H and O–H groups in total. The van der Waals surface area contributed by atoms with Crippen LogP contribution in [-0.4, -0.2) is 22.0 Å². The Balaban J connectivity index is 1.88. The van der Waals surface area contributed by atoms with E-state index in [2.05, 4.69) is 41.7 Å². The third-order valence-corrected chi connectivity index (χ3v) is 11.5. The van der Waals surface area contributed by atoms with E-state index in [-0.39, 0.29) is 16.7 Å². The van der Waals surface area contributed by atoms with E-state index in [0.29, 0.717) is 16.4 Å². The van der Waals surface area contributed by atoms with Gasteiger partial charge in [0.05, 0.1) is 5.29 Å². The molecule has 5 aromatic rings. The summed E-state index contributed by atoms with van der Waals surface area (Å²) < 4.78 is 0. The van der Waals surface area contributed by atoms with Crippen molar-refractivity contribution in [2.75, 3.05) is 0 Å². The first kappa shape index (κ1) is 27.2. The zero-order valence-electron chi connectivity index (χ0n) is 22.0.